The maximum atomic E-state index is 12.4. The molecule has 0 fully saturated rings. The van der Waals surface area contributed by atoms with Gasteiger partial charge < -0.3 is 20.7 Å². The first-order chi connectivity index (χ1) is 14.3. The molecule has 3 amide bonds. The van der Waals surface area contributed by atoms with Crippen molar-refractivity contribution in [1.29, 1.82) is 0 Å². The number of benzene rings is 2. The van der Waals surface area contributed by atoms with E-state index in [1.165, 1.54) is 6.07 Å². The minimum absolute atomic E-state index is 0.105. The van der Waals surface area contributed by atoms with Gasteiger partial charge >= 0.3 is 12.6 Å². The van der Waals surface area contributed by atoms with Crippen molar-refractivity contribution in [2.24, 2.45) is 0 Å². The highest BCUT2D eigenvalue weighted by molar-refractivity contribution is 9.10. The molecule has 3 rings (SSSR count). The van der Waals surface area contributed by atoms with Crippen molar-refractivity contribution >= 4 is 33.6 Å². The fourth-order valence-electron chi connectivity index (χ4n) is 3.45. The van der Waals surface area contributed by atoms with Crippen LogP contribution in [0, 0.1) is 6.92 Å². The van der Waals surface area contributed by atoms with Crippen LogP contribution in [0.3, 0.4) is 0 Å². The van der Waals surface area contributed by atoms with Crippen LogP contribution in [0.4, 0.5) is 19.3 Å². The van der Waals surface area contributed by atoms with Crippen molar-refractivity contribution in [3.8, 4) is 5.75 Å². The van der Waals surface area contributed by atoms with Gasteiger partial charge in [0.05, 0.1) is 12.6 Å². The fraction of sp³-hybridized carbons (Fsp3) is 0.333. The molecular weight excluding hydrogens is 460 g/mol. The third-order valence-corrected chi connectivity index (χ3v) is 5.32. The first kappa shape index (κ1) is 22.0. The summed E-state index contributed by atoms with van der Waals surface area (Å²) in [4.78, 5) is 24.4. The topological polar surface area (TPSA) is 79.5 Å². The maximum Gasteiger partial charge on any atom is 0.387 e. The van der Waals surface area contributed by atoms with Crippen molar-refractivity contribution in [1.82, 2.24) is 10.6 Å². The van der Waals surface area contributed by atoms with Gasteiger partial charge in [0.2, 0.25) is 5.91 Å². The summed E-state index contributed by atoms with van der Waals surface area (Å²) in [7, 11) is 0. The Balaban J connectivity index is 1.53. The smallest absolute Gasteiger partial charge is 0.387 e. The predicted octanol–water partition coefficient (Wildman–Crippen LogP) is 4.67. The first-order valence-corrected chi connectivity index (χ1v) is 10.3. The quantitative estimate of drug-likeness (QED) is 0.560. The number of rotatable bonds is 6. The van der Waals surface area contributed by atoms with E-state index in [-0.39, 0.29) is 24.2 Å². The van der Waals surface area contributed by atoms with E-state index in [1.54, 1.807) is 18.2 Å². The van der Waals surface area contributed by atoms with Crippen molar-refractivity contribution in [3.63, 3.8) is 0 Å². The number of nitrogens with one attached hydrogen (secondary N) is 3. The minimum atomic E-state index is -2.88. The standard InChI is InChI=1S/C21H22BrF2N3O3/c1-12-9-14(22)5-8-17(12)26-19(28)11-25-21(29)27-18-4-2-3-13-10-15(30-20(23)24)6-7-16(13)18/h5-10,18,20H,2-4,11H2,1H3,(H,26,28)(H2,25,27,29). The molecule has 1 unspecified atom stereocenters. The predicted molar refractivity (Wildman–Crippen MR) is 113 cm³/mol. The Morgan fingerprint density at radius 1 is 1.23 bits per heavy atom. The van der Waals surface area contributed by atoms with E-state index in [9.17, 15) is 18.4 Å². The van der Waals surface area contributed by atoms with Gasteiger partial charge in [-0.25, -0.2) is 4.79 Å². The van der Waals surface area contributed by atoms with Gasteiger partial charge in [-0.1, -0.05) is 22.0 Å². The zero-order chi connectivity index (χ0) is 21.7. The molecule has 2 aromatic carbocycles. The number of anilines is 1. The lowest BCUT2D eigenvalue weighted by molar-refractivity contribution is -0.115. The SMILES string of the molecule is Cc1cc(Br)ccc1NC(=O)CNC(=O)NC1CCCc2cc(OC(F)F)ccc21. The van der Waals surface area contributed by atoms with Crippen LogP contribution in [-0.4, -0.2) is 25.1 Å². The number of halogens is 3. The molecule has 9 heteroatoms. The number of ether oxygens (including phenoxy) is 1. The molecule has 30 heavy (non-hydrogen) atoms. The van der Waals surface area contributed by atoms with Crippen LogP contribution in [-0.2, 0) is 11.2 Å². The van der Waals surface area contributed by atoms with Crippen molar-refractivity contribution in [3.05, 3.63) is 57.6 Å². The average molecular weight is 482 g/mol. The first-order valence-electron chi connectivity index (χ1n) is 9.50. The number of alkyl halides is 2. The molecule has 0 aliphatic heterocycles. The third kappa shape index (κ3) is 5.91. The molecule has 0 aromatic heterocycles. The Bertz CT molecular complexity index is 940. The molecule has 0 saturated heterocycles. The summed E-state index contributed by atoms with van der Waals surface area (Å²) < 4.78 is 30.2. The number of hydrogen-bond acceptors (Lipinski definition) is 3. The van der Waals surface area contributed by atoms with Crippen LogP contribution in [0.15, 0.2) is 40.9 Å². The highest BCUT2D eigenvalue weighted by Crippen LogP contribution is 2.32. The van der Waals surface area contributed by atoms with E-state index >= 15 is 0 Å². The number of carbonyl (C=O) groups excluding carboxylic acids is 2. The summed E-state index contributed by atoms with van der Waals surface area (Å²) >= 11 is 3.37. The highest BCUT2D eigenvalue weighted by atomic mass is 79.9. The van der Waals surface area contributed by atoms with E-state index in [0.717, 1.165) is 40.4 Å². The van der Waals surface area contributed by atoms with Crippen LogP contribution in [0.25, 0.3) is 0 Å². The molecule has 1 atom stereocenters. The van der Waals surface area contributed by atoms with Crippen LogP contribution in [0.1, 0.15) is 35.6 Å². The van der Waals surface area contributed by atoms with Gasteiger partial charge in [-0.3, -0.25) is 4.79 Å². The van der Waals surface area contributed by atoms with Crippen molar-refractivity contribution in [2.75, 3.05) is 11.9 Å². The van der Waals surface area contributed by atoms with Gasteiger partial charge in [-0.05, 0) is 73.2 Å². The van der Waals surface area contributed by atoms with E-state index < -0.39 is 12.6 Å². The Hall–Kier alpha value is -2.68. The zero-order valence-electron chi connectivity index (χ0n) is 16.3. The van der Waals surface area contributed by atoms with E-state index in [2.05, 4.69) is 36.6 Å². The van der Waals surface area contributed by atoms with Crippen molar-refractivity contribution < 1.29 is 23.1 Å². The van der Waals surface area contributed by atoms with E-state index in [4.69, 9.17) is 0 Å². The molecule has 0 bridgehead atoms. The number of fused-ring (bicyclic) bond motifs is 1. The van der Waals surface area contributed by atoms with Gasteiger partial charge in [-0.2, -0.15) is 8.78 Å². The molecule has 1 aliphatic carbocycles. The normalized spacial score (nSPS) is 15.3. The van der Waals surface area contributed by atoms with Crippen LogP contribution in [0.5, 0.6) is 5.75 Å². The number of hydrogen-bond donors (Lipinski definition) is 3. The van der Waals surface area contributed by atoms with Crippen LogP contribution >= 0.6 is 15.9 Å². The molecule has 0 saturated carbocycles. The van der Waals surface area contributed by atoms with Gasteiger partial charge in [0.15, 0.2) is 0 Å². The molecule has 160 valence electrons. The Labute approximate surface area is 181 Å². The fourth-order valence-corrected chi connectivity index (χ4v) is 3.92. The largest absolute Gasteiger partial charge is 0.435 e. The summed E-state index contributed by atoms with van der Waals surface area (Å²) in [6.07, 6.45) is 2.25. The molecule has 6 nitrogen and oxygen atoms in total. The van der Waals surface area contributed by atoms with Gasteiger partial charge in [0, 0.05) is 10.2 Å². The Kier molecular flexibility index (Phi) is 7.25. The second kappa shape index (κ2) is 9.88. The van der Waals surface area contributed by atoms with Crippen molar-refractivity contribution in [2.45, 2.75) is 38.8 Å². The molecule has 2 aromatic rings. The second-order valence-corrected chi connectivity index (χ2v) is 7.93. The monoisotopic (exact) mass is 481 g/mol. The Morgan fingerprint density at radius 3 is 2.77 bits per heavy atom. The summed E-state index contributed by atoms with van der Waals surface area (Å²) in [5, 5.41) is 8.16. The molecule has 0 radical (unpaired) electrons. The molecule has 3 N–H and O–H groups in total. The average Bonchev–Trinajstić information content (AvgIpc) is 2.68. The number of carbonyl (C=O) groups is 2. The molecular formula is C21H22BrF2N3O3. The van der Waals surface area contributed by atoms with Gasteiger partial charge in [0.1, 0.15) is 5.75 Å². The summed E-state index contributed by atoms with van der Waals surface area (Å²) in [5.41, 5.74) is 3.31. The molecule has 1 aliphatic rings. The lowest BCUT2D eigenvalue weighted by atomic mass is 9.87. The number of amides is 3. The van der Waals surface area contributed by atoms with Gasteiger partial charge in [0.25, 0.3) is 0 Å². The Morgan fingerprint density at radius 2 is 2.03 bits per heavy atom. The minimum Gasteiger partial charge on any atom is -0.435 e. The van der Waals surface area contributed by atoms with Crippen LogP contribution < -0.4 is 20.7 Å². The van der Waals surface area contributed by atoms with Crippen LogP contribution in [0.2, 0.25) is 0 Å². The van der Waals surface area contributed by atoms with Gasteiger partial charge in [-0.15, -0.1) is 0 Å². The second-order valence-electron chi connectivity index (χ2n) is 7.02. The maximum absolute atomic E-state index is 12.4. The number of aryl methyl sites for hydroxylation is 2. The summed E-state index contributed by atoms with van der Waals surface area (Å²) in [6.45, 7) is -1.18. The lowest BCUT2D eigenvalue weighted by Crippen LogP contribution is -2.42. The molecule has 0 heterocycles. The zero-order valence-corrected chi connectivity index (χ0v) is 17.9. The molecule has 0 spiro atoms. The summed E-state index contributed by atoms with van der Waals surface area (Å²) in [5.74, 6) is -0.234. The van der Waals surface area contributed by atoms with E-state index in [1.807, 2.05) is 19.1 Å². The lowest BCUT2D eigenvalue weighted by Gasteiger charge is -2.27. The summed E-state index contributed by atoms with van der Waals surface area (Å²) in [6, 6.07) is 9.50. The third-order valence-electron chi connectivity index (χ3n) is 4.83. The van der Waals surface area contributed by atoms with E-state index in [0.29, 0.717) is 5.69 Å². The number of urea groups is 1. The highest BCUT2D eigenvalue weighted by Gasteiger charge is 2.23.